The minimum atomic E-state index is -0.420. The highest BCUT2D eigenvalue weighted by molar-refractivity contribution is 6.19. The molecule has 0 spiro atoms. The van der Waals surface area contributed by atoms with Crippen LogP contribution in [0.4, 0.5) is 16.2 Å². The van der Waals surface area contributed by atoms with Crippen LogP contribution in [-0.4, -0.2) is 25.0 Å². The summed E-state index contributed by atoms with van der Waals surface area (Å²) in [6.07, 6.45) is 1.50. The van der Waals surface area contributed by atoms with E-state index in [-0.39, 0.29) is 11.8 Å². The Labute approximate surface area is 141 Å². The van der Waals surface area contributed by atoms with E-state index in [1.165, 1.54) is 4.90 Å². The molecule has 0 saturated carbocycles. The van der Waals surface area contributed by atoms with Gasteiger partial charge in [0.1, 0.15) is 0 Å². The Morgan fingerprint density at radius 1 is 0.917 bits per heavy atom. The molecule has 1 aliphatic heterocycles. The number of carbonyl (C=O) groups is 2. The molecule has 0 aromatic heterocycles. The van der Waals surface area contributed by atoms with Gasteiger partial charge in [0.25, 0.3) is 0 Å². The van der Waals surface area contributed by atoms with Gasteiger partial charge < -0.3 is 10.6 Å². The fourth-order valence-electron chi connectivity index (χ4n) is 2.87. The number of anilines is 2. The summed E-state index contributed by atoms with van der Waals surface area (Å²) in [6, 6.07) is 17.8. The van der Waals surface area contributed by atoms with Crippen molar-refractivity contribution >= 4 is 23.3 Å². The number of para-hydroxylation sites is 2. The maximum Gasteiger partial charge on any atom is 0.333 e. The van der Waals surface area contributed by atoms with Crippen LogP contribution in [0.2, 0.25) is 0 Å². The summed E-state index contributed by atoms with van der Waals surface area (Å²) in [5.41, 5.74) is 1.26. The molecule has 0 bridgehead atoms. The molecule has 5 heteroatoms. The molecule has 1 saturated heterocycles. The van der Waals surface area contributed by atoms with Gasteiger partial charge in [-0.2, -0.15) is 0 Å². The number of rotatable bonds is 3. The number of hydrogen-bond acceptors (Lipinski definition) is 3. The highest BCUT2D eigenvalue weighted by Crippen LogP contribution is 2.22. The third kappa shape index (κ3) is 3.81. The van der Waals surface area contributed by atoms with Crippen LogP contribution in [0.25, 0.3) is 0 Å². The van der Waals surface area contributed by atoms with E-state index in [9.17, 15) is 9.59 Å². The monoisotopic (exact) mass is 323 g/mol. The van der Waals surface area contributed by atoms with Crippen LogP contribution in [0.3, 0.4) is 0 Å². The fourth-order valence-corrected chi connectivity index (χ4v) is 2.87. The zero-order valence-electron chi connectivity index (χ0n) is 13.4. The van der Waals surface area contributed by atoms with Crippen molar-refractivity contribution in [1.29, 1.82) is 0 Å². The average molecular weight is 323 g/mol. The predicted octanol–water partition coefficient (Wildman–Crippen LogP) is 3.25. The molecule has 124 valence electrons. The molecular formula is C19H21N3O2. The summed E-state index contributed by atoms with van der Waals surface area (Å²) in [7, 11) is 0. The lowest BCUT2D eigenvalue weighted by Crippen LogP contribution is -2.46. The molecule has 1 heterocycles. The van der Waals surface area contributed by atoms with E-state index in [1.807, 2.05) is 36.4 Å². The van der Waals surface area contributed by atoms with Gasteiger partial charge in [0.2, 0.25) is 5.91 Å². The molecule has 1 aliphatic rings. The van der Waals surface area contributed by atoms with Crippen LogP contribution in [0.1, 0.15) is 12.8 Å². The summed E-state index contributed by atoms with van der Waals surface area (Å²) in [6.45, 7) is 1.61. The molecular weight excluding hydrogens is 302 g/mol. The fraction of sp³-hybridized carbons (Fsp3) is 0.263. The highest BCUT2D eigenvalue weighted by Gasteiger charge is 2.31. The minimum absolute atomic E-state index is 0.132. The number of hydrogen-bond donors (Lipinski definition) is 2. The topological polar surface area (TPSA) is 61.4 Å². The number of carbonyl (C=O) groups excluding carboxylic acids is 2. The van der Waals surface area contributed by atoms with Gasteiger partial charge in [0.05, 0.1) is 5.69 Å². The van der Waals surface area contributed by atoms with Crippen LogP contribution in [0, 0.1) is 5.92 Å². The Bertz CT molecular complexity index is 682. The Balaban J connectivity index is 1.84. The van der Waals surface area contributed by atoms with Crippen molar-refractivity contribution in [2.45, 2.75) is 12.8 Å². The maximum atomic E-state index is 13.0. The van der Waals surface area contributed by atoms with Gasteiger partial charge in [0.15, 0.2) is 0 Å². The lowest BCUT2D eigenvalue weighted by Gasteiger charge is -2.28. The molecule has 0 unspecified atom stereocenters. The van der Waals surface area contributed by atoms with Crippen LogP contribution < -0.4 is 15.5 Å². The van der Waals surface area contributed by atoms with Gasteiger partial charge in [-0.15, -0.1) is 0 Å². The van der Waals surface area contributed by atoms with Gasteiger partial charge in [-0.25, -0.2) is 9.69 Å². The number of amides is 3. The van der Waals surface area contributed by atoms with Crippen molar-refractivity contribution in [3.05, 3.63) is 60.7 Å². The largest absolute Gasteiger partial charge is 0.333 e. The van der Waals surface area contributed by atoms with Crippen LogP contribution in [0.5, 0.6) is 0 Å². The number of nitrogens with zero attached hydrogens (tertiary/aromatic N) is 1. The number of benzene rings is 2. The zero-order valence-corrected chi connectivity index (χ0v) is 13.4. The predicted molar refractivity (Wildman–Crippen MR) is 95.0 cm³/mol. The van der Waals surface area contributed by atoms with Crippen molar-refractivity contribution < 1.29 is 9.59 Å². The Morgan fingerprint density at radius 2 is 1.50 bits per heavy atom. The third-order valence-electron chi connectivity index (χ3n) is 4.15. The first-order chi connectivity index (χ1) is 11.8. The van der Waals surface area contributed by atoms with Crippen LogP contribution >= 0.6 is 0 Å². The maximum absolute atomic E-state index is 13.0. The second-order valence-corrected chi connectivity index (χ2v) is 5.83. The molecule has 0 atom stereocenters. The van der Waals surface area contributed by atoms with E-state index < -0.39 is 6.03 Å². The van der Waals surface area contributed by atoms with Gasteiger partial charge in [-0.1, -0.05) is 36.4 Å². The lowest BCUT2D eigenvalue weighted by molar-refractivity contribution is -0.122. The lowest BCUT2D eigenvalue weighted by atomic mass is 9.96. The first kappa shape index (κ1) is 16.2. The standard InChI is InChI=1S/C19H21N3O2/c23-18(15-11-13-20-14-12-15)22(17-9-5-2-6-10-17)19(24)21-16-7-3-1-4-8-16/h1-10,15,20H,11-14H2,(H,21,24). The first-order valence-corrected chi connectivity index (χ1v) is 8.21. The van der Waals surface area contributed by atoms with Crippen LogP contribution in [-0.2, 0) is 4.79 Å². The number of piperidine rings is 1. The van der Waals surface area contributed by atoms with Crippen molar-refractivity contribution in [3.63, 3.8) is 0 Å². The zero-order chi connectivity index (χ0) is 16.8. The smallest absolute Gasteiger partial charge is 0.317 e. The van der Waals surface area contributed by atoms with Gasteiger partial charge >= 0.3 is 6.03 Å². The molecule has 3 rings (SSSR count). The van der Waals surface area contributed by atoms with Gasteiger partial charge in [-0.05, 0) is 50.2 Å². The molecule has 2 N–H and O–H groups in total. The van der Waals surface area contributed by atoms with Crippen molar-refractivity contribution in [3.8, 4) is 0 Å². The summed E-state index contributed by atoms with van der Waals surface area (Å²) in [5.74, 6) is -0.274. The molecule has 2 aromatic rings. The van der Waals surface area contributed by atoms with Crippen molar-refractivity contribution in [2.75, 3.05) is 23.3 Å². The van der Waals surface area contributed by atoms with Gasteiger partial charge in [-0.3, -0.25) is 4.79 Å². The van der Waals surface area contributed by atoms with E-state index in [0.717, 1.165) is 25.9 Å². The first-order valence-electron chi connectivity index (χ1n) is 8.21. The molecule has 0 aliphatic carbocycles. The van der Waals surface area contributed by atoms with E-state index >= 15 is 0 Å². The summed E-state index contributed by atoms with van der Waals surface area (Å²) in [5, 5.41) is 6.06. The molecule has 5 nitrogen and oxygen atoms in total. The van der Waals surface area contributed by atoms with Crippen LogP contribution in [0.15, 0.2) is 60.7 Å². The number of nitrogens with one attached hydrogen (secondary N) is 2. The number of imide groups is 1. The highest BCUT2D eigenvalue weighted by atomic mass is 16.2. The Morgan fingerprint density at radius 3 is 2.12 bits per heavy atom. The normalized spacial score (nSPS) is 14.8. The molecule has 24 heavy (non-hydrogen) atoms. The Hall–Kier alpha value is -2.66. The van der Waals surface area contributed by atoms with E-state index in [2.05, 4.69) is 10.6 Å². The minimum Gasteiger partial charge on any atom is -0.317 e. The molecule has 0 radical (unpaired) electrons. The van der Waals surface area contributed by atoms with Crippen molar-refractivity contribution in [1.82, 2.24) is 5.32 Å². The number of urea groups is 1. The summed E-state index contributed by atoms with van der Waals surface area (Å²) >= 11 is 0. The van der Waals surface area contributed by atoms with E-state index in [1.54, 1.807) is 24.3 Å². The Kier molecular flexibility index (Phi) is 5.23. The van der Waals surface area contributed by atoms with E-state index in [0.29, 0.717) is 11.4 Å². The van der Waals surface area contributed by atoms with E-state index in [4.69, 9.17) is 0 Å². The second-order valence-electron chi connectivity index (χ2n) is 5.83. The molecule has 3 amide bonds. The molecule has 2 aromatic carbocycles. The second kappa shape index (κ2) is 7.75. The average Bonchev–Trinajstić information content (AvgIpc) is 2.64. The summed E-state index contributed by atoms with van der Waals surface area (Å²) < 4.78 is 0. The summed E-state index contributed by atoms with van der Waals surface area (Å²) in [4.78, 5) is 27.0. The van der Waals surface area contributed by atoms with Gasteiger partial charge in [0, 0.05) is 11.6 Å². The quantitative estimate of drug-likeness (QED) is 0.911. The third-order valence-corrected chi connectivity index (χ3v) is 4.15. The van der Waals surface area contributed by atoms with Crippen molar-refractivity contribution in [2.24, 2.45) is 5.92 Å². The molecule has 1 fully saturated rings. The SMILES string of the molecule is O=C(Nc1ccccc1)N(C(=O)C1CCNCC1)c1ccccc1.